The van der Waals surface area contributed by atoms with E-state index in [2.05, 4.69) is 28.6 Å². The molecule has 2 aromatic heterocycles. The summed E-state index contributed by atoms with van der Waals surface area (Å²) in [6.45, 7) is 8.87. The Balaban J connectivity index is 1.86. The largest absolute Gasteiger partial charge is 0.494 e. The van der Waals surface area contributed by atoms with E-state index in [4.69, 9.17) is 9.15 Å². The van der Waals surface area contributed by atoms with E-state index >= 15 is 0 Å². The van der Waals surface area contributed by atoms with Crippen LogP contribution in [0.25, 0.3) is 0 Å². The lowest BCUT2D eigenvalue weighted by molar-refractivity contribution is 0.101. The van der Waals surface area contributed by atoms with Gasteiger partial charge in [-0.25, -0.2) is 0 Å². The second-order valence-electron chi connectivity index (χ2n) is 6.76. The molecule has 0 bridgehead atoms. The summed E-state index contributed by atoms with van der Waals surface area (Å²) in [5.41, 5.74) is 1.65. The molecule has 7 heteroatoms. The third-order valence-corrected chi connectivity index (χ3v) is 5.30. The number of furan rings is 1. The summed E-state index contributed by atoms with van der Waals surface area (Å²) in [6, 6.07) is 9.39. The Bertz CT molecular complexity index is 933. The summed E-state index contributed by atoms with van der Waals surface area (Å²) in [5.74, 6) is 3.49. The molecule has 3 aromatic rings. The van der Waals surface area contributed by atoms with Crippen molar-refractivity contribution in [2.45, 2.75) is 51.1 Å². The quantitative estimate of drug-likeness (QED) is 0.375. The predicted molar refractivity (Wildman–Crippen MR) is 109 cm³/mol. The molecule has 0 N–H and O–H groups in total. The standard InChI is InChI=1S/C21H25N3O3S/c1-5-26-19-9-8-16(15(4)25)11-17(19)13-28-21-23-22-20(14(2)3)24(21)12-18-7-6-10-27-18/h6-11,14H,5,12-13H2,1-4H3. The number of aromatic nitrogens is 3. The average molecular weight is 400 g/mol. The van der Waals surface area contributed by atoms with Gasteiger partial charge in [0.25, 0.3) is 0 Å². The van der Waals surface area contributed by atoms with Gasteiger partial charge in [0.15, 0.2) is 10.9 Å². The number of benzene rings is 1. The van der Waals surface area contributed by atoms with Crippen molar-refractivity contribution in [3.05, 3.63) is 59.3 Å². The average Bonchev–Trinajstić information content (AvgIpc) is 3.31. The van der Waals surface area contributed by atoms with Crippen molar-refractivity contribution in [2.75, 3.05) is 6.61 Å². The highest BCUT2D eigenvalue weighted by molar-refractivity contribution is 7.98. The van der Waals surface area contributed by atoms with Crippen molar-refractivity contribution >= 4 is 17.5 Å². The van der Waals surface area contributed by atoms with Gasteiger partial charge in [-0.3, -0.25) is 9.36 Å². The molecule has 6 nitrogen and oxygen atoms in total. The lowest BCUT2D eigenvalue weighted by atomic mass is 10.1. The Hall–Kier alpha value is -2.54. The summed E-state index contributed by atoms with van der Waals surface area (Å²) >= 11 is 1.58. The molecule has 0 aliphatic carbocycles. The van der Waals surface area contributed by atoms with Crippen LogP contribution in [-0.2, 0) is 12.3 Å². The molecule has 28 heavy (non-hydrogen) atoms. The van der Waals surface area contributed by atoms with E-state index < -0.39 is 0 Å². The van der Waals surface area contributed by atoms with Gasteiger partial charge in [-0.15, -0.1) is 10.2 Å². The van der Waals surface area contributed by atoms with Gasteiger partial charge in [-0.1, -0.05) is 25.6 Å². The molecule has 0 aliphatic heterocycles. The number of carbonyl (C=O) groups excluding carboxylic acids is 1. The third kappa shape index (κ3) is 4.65. The van der Waals surface area contributed by atoms with Gasteiger partial charge in [-0.2, -0.15) is 0 Å². The van der Waals surface area contributed by atoms with Gasteiger partial charge >= 0.3 is 0 Å². The molecular weight excluding hydrogens is 374 g/mol. The van der Waals surface area contributed by atoms with E-state index in [1.165, 1.54) is 0 Å². The van der Waals surface area contributed by atoms with Gasteiger partial charge in [0, 0.05) is 22.8 Å². The molecule has 0 aliphatic rings. The number of hydrogen-bond donors (Lipinski definition) is 0. The predicted octanol–water partition coefficient (Wildman–Crippen LogP) is 4.94. The van der Waals surface area contributed by atoms with E-state index in [1.807, 2.05) is 31.2 Å². The van der Waals surface area contributed by atoms with Crippen LogP contribution in [0.3, 0.4) is 0 Å². The molecule has 3 rings (SSSR count). The number of nitrogens with zero attached hydrogens (tertiary/aromatic N) is 3. The Labute approximate surface area is 169 Å². The number of rotatable bonds is 9. The molecule has 2 heterocycles. The molecular formula is C21H25N3O3S. The zero-order valence-electron chi connectivity index (χ0n) is 16.6. The van der Waals surface area contributed by atoms with Crippen molar-refractivity contribution in [3.63, 3.8) is 0 Å². The Morgan fingerprint density at radius 3 is 2.75 bits per heavy atom. The van der Waals surface area contributed by atoms with Crippen LogP contribution in [-0.4, -0.2) is 27.2 Å². The molecule has 1 aromatic carbocycles. The molecule has 0 saturated heterocycles. The number of thioether (sulfide) groups is 1. The maximum absolute atomic E-state index is 11.8. The maximum Gasteiger partial charge on any atom is 0.191 e. The van der Waals surface area contributed by atoms with Gasteiger partial charge in [0.05, 0.1) is 19.4 Å². The van der Waals surface area contributed by atoms with E-state index in [9.17, 15) is 4.79 Å². The Morgan fingerprint density at radius 2 is 2.11 bits per heavy atom. The van der Waals surface area contributed by atoms with Crippen LogP contribution in [0, 0.1) is 0 Å². The van der Waals surface area contributed by atoms with Crippen LogP contribution in [0.15, 0.2) is 46.2 Å². The summed E-state index contributed by atoms with van der Waals surface area (Å²) < 4.78 is 13.3. The molecule has 0 spiro atoms. The molecule has 0 radical (unpaired) electrons. The minimum atomic E-state index is 0.0392. The number of Topliss-reactive ketones (excluding diaryl/α,β-unsaturated/α-hetero) is 1. The fourth-order valence-corrected chi connectivity index (χ4v) is 3.81. The van der Waals surface area contributed by atoms with E-state index in [0.717, 1.165) is 28.1 Å². The van der Waals surface area contributed by atoms with E-state index in [-0.39, 0.29) is 11.7 Å². The summed E-state index contributed by atoms with van der Waals surface area (Å²) in [6.07, 6.45) is 1.67. The first-order chi connectivity index (χ1) is 13.5. The van der Waals surface area contributed by atoms with Crippen molar-refractivity contribution in [3.8, 4) is 5.75 Å². The zero-order valence-corrected chi connectivity index (χ0v) is 17.5. The fraction of sp³-hybridized carbons (Fsp3) is 0.381. The maximum atomic E-state index is 11.8. The zero-order chi connectivity index (χ0) is 20.1. The molecule has 0 saturated carbocycles. The van der Waals surface area contributed by atoms with Crippen molar-refractivity contribution < 1.29 is 13.9 Å². The second-order valence-corrected chi connectivity index (χ2v) is 7.70. The summed E-state index contributed by atoms with van der Waals surface area (Å²) in [4.78, 5) is 11.8. The smallest absolute Gasteiger partial charge is 0.191 e. The SMILES string of the molecule is CCOc1ccc(C(C)=O)cc1CSc1nnc(C(C)C)n1Cc1ccco1. The molecule has 0 fully saturated rings. The summed E-state index contributed by atoms with van der Waals surface area (Å²) in [7, 11) is 0. The minimum absolute atomic E-state index is 0.0392. The first-order valence-corrected chi connectivity index (χ1v) is 10.3. The van der Waals surface area contributed by atoms with E-state index in [1.54, 1.807) is 31.0 Å². The summed E-state index contributed by atoms with van der Waals surface area (Å²) in [5, 5.41) is 9.59. The van der Waals surface area contributed by atoms with Crippen LogP contribution in [0.4, 0.5) is 0 Å². The highest BCUT2D eigenvalue weighted by atomic mass is 32.2. The Morgan fingerprint density at radius 1 is 1.29 bits per heavy atom. The first-order valence-electron chi connectivity index (χ1n) is 9.34. The number of ketones is 1. The third-order valence-electron chi connectivity index (χ3n) is 4.28. The molecule has 0 amide bonds. The molecule has 0 atom stereocenters. The molecule has 148 valence electrons. The van der Waals surface area contributed by atoms with E-state index in [0.29, 0.717) is 24.5 Å². The monoisotopic (exact) mass is 399 g/mol. The van der Waals surface area contributed by atoms with Gasteiger partial charge in [0.1, 0.15) is 17.3 Å². The van der Waals surface area contributed by atoms with Gasteiger partial charge in [0.2, 0.25) is 0 Å². The number of carbonyl (C=O) groups is 1. The number of hydrogen-bond acceptors (Lipinski definition) is 6. The highest BCUT2D eigenvalue weighted by Gasteiger charge is 2.18. The van der Waals surface area contributed by atoms with Crippen molar-refractivity contribution in [1.29, 1.82) is 0 Å². The lowest BCUT2D eigenvalue weighted by Crippen LogP contribution is -2.07. The minimum Gasteiger partial charge on any atom is -0.494 e. The normalized spacial score (nSPS) is 11.2. The van der Waals surface area contributed by atoms with Crippen molar-refractivity contribution in [2.24, 2.45) is 0 Å². The Kier molecular flexibility index (Phi) is 6.57. The number of ether oxygens (including phenoxy) is 1. The first kappa shape index (κ1) is 20.2. The topological polar surface area (TPSA) is 70.2 Å². The van der Waals surface area contributed by atoms with Gasteiger partial charge in [-0.05, 0) is 44.2 Å². The second kappa shape index (κ2) is 9.10. The fourth-order valence-electron chi connectivity index (χ4n) is 2.89. The van der Waals surface area contributed by atoms with Crippen LogP contribution >= 0.6 is 11.8 Å². The van der Waals surface area contributed by atoms with Gasteiger partial charge < -0.3 is 9.15 Å². The van der Waals surface area contributed by atoms with Crippen LogP contribution in [0.5, 0.6) is 5.75 Å². The van der Waals surface area contributed by atoms with Crippen LogP contribution in [0.2, 0.25) is 0 Å². The lowest BCUT2D eigenvalue weighted by Gasteiger charge is -2.13. The van der Waals surface area contributed by atoms with Crippen molar-refractivity contribution in [1.82, 2.24) is 14.8 Å². The molecule has 0 unspecified atom stereocenters. The van der Waals surface area contributed by atoms with Crippen LogP contribution in [0.1, 0.15) is 61.1 Å². The highest BCUT2D eigenvalue weighted by Crippen LogP contribution is 2.30. The van der Waals surface area contributed by atoms with Crippen LogP contribution < -0.4 is 4.74 Å².